The number of aromatic nitrogens is 8. The summed E-state index contributed by atoms with van der Waals surface area (Å²) < 4.78 is 1.58. The van der Waals surface area contributed by atoms with Crippen molar-refractivity contribution in [3.05, 3.63) is 133 Å². The van der Waals surface area contributed by atoms with Crippen LogP contribution >= 0.6 is 0 Å². The Morgan fingerprint density at radius 1 is 0.417 bits per heavy atom. The molecule has 0 spiro atoms. The first kappa shape index (κ1) is 26.4. The zero-order valence-electron chi connectivity index (χ0n) is 25.2. The zero-order chi connectivity index (χ0) is 31.8. The highest BCUT2D eigenvalue weighted by Gasteiger charge is 2.25. The standard InChI is InChI=1S/C39H22N8O/c48-39(22-12-2-1-3-13-22)47-37-29-20-10-11-21-30(29)38(47)46-36-28-19-9-7-17-26(28)34(44-36)42-32-24-15-5-4-14-23(24)31(40-32)41-33-25-16-6-8-18-27(25)35(43-33)45-37/h1-21H,(H,40,41,42,43,44,45,46). The van der Waals surface area contributed by atoms with Crippen LogP contribution in [0.1, 0.15) is 10.4 Å². The average molecular weight is 619 g/mol. The second kappa shape index (κ2) is 10.1. The van der Waals surface area contributed by atoms with Gasteiger partial charge < -0.3 is 4.98 Å². The summed E-state index contributed by atoms with van der Waals surface area (Å²) in [4.78, 5) is 48.3. The van der Waals surface area contributed by atoms with Gasteiger partial charge in [-0.05, 0) is 12.1 Å². The summed E-state index contributed by atoms with van der Waals surface area (Å²) in [6.45, 7) is 0. The van der Waals surface area contributed by atoms with Crippen LogP contribution in [0.5, 0.6) is 0 Å². The molecule has 0 saturated heterocycles. The van der Waals surface area contributed by atoms with Gasteiger partial charge in [-0.2, -0.15) is 0 Å². The lowest BCUT2D eigenvalue weighted by molar-refractivity contribution is 0.0968. The number of nitrogens with zero attached hydrogens (tertiary/aromatic N) is 7. The van der Waals surface area contributed by atoms with Crippen molar-refractivity contribution in [3.8, 4) is 45.6 Å². The highest BCUT2D eigenvalue weighted by molar-refractivity contribution is 6.14. The average Bonchev–Trinajstić information content (AvgIpc) is 3.86. The fourth-order valence-electron chi connectivity index (χ4n) is 6.60. The molecule has 9 heteroatoms. The van der Waals surface area contributed by atoms with Crippen LogP contribution in [-0.4, -0.2) is 45.4 Å². The molecule has 48 heavy (non-hydrogen) atoms. The van der Waals surface area contributed by atoms with Crippen LogP contribution in [0.3, 0.4) is 0 Å². The summed E-state index contributed by atoms with van der Waals surface area (Å²) in [6.07, 6.45) is 0. The van der Waals surface area contributed by atoms with Gasteiger partial charge in [0.15, 0.2) is 34.6 Å². The van der Waals surface area contributed by atoms with Gasteiger partial charge in [0.25, 0.3) is 5.91 Å². The molecule has 8 bridgehead atoms. The zero-order valence-corrected chi connectivity index (χ0v) is 25.2. The van der Waals surface area contributed by atoms with Crippen molar-refractivity contribution in [2.24, 2.45) is 0 Å². The summed E-state index contributed by atoms with van der Waals surface area (Å²) in [5.41, 5.74) is 5.92. The molecule has 8 aromatic rings. The summed E-state index contributed by atoms with van der Waals surface area (Å²) in [6, 6.07) is 40.7. The second-order valence-electron chi connectivity index (χ2n) is 11.6. The van der Waals surface area contributed by atoms with Gasteiger partial charge in [0.1, 0.15) is 11.3 Å². The molecular weight excluding hydrogens is 596 g/mol. The van der Waals surface area contributed by atoms with Crippen LogP contribution in [0.2, 0.25) is 0 Å². The maximum Gasteiger partial charge on any atom is 0.265 e. The first-order valence-electron chi connectivity index (χ1n) is 15.5. The maximum atomic E-state index is 14.5. The highest BCUT2D eigenvalue weighted by Crippen LogP contribution is 2.37. The number of H-pyrrole nitrogens is 1. The molecule has 0 radical (unpaired) electrons. The number of carbonyl (C=O) groups is 1. The van der Waals surface area contributed by atoms with E-state index in [1.807, 2.05) is 115 Å². The largest absolute Gasteiger partial charge is 0.324 e. The highest BCUT2D eigenvalue weighted by atomic mass is 16.2. The van der Waals surface area contributed by atoms with Crippen molar-refractivity contribution in [1.29, 1.82) is 0 Å². The number of aromatic amines is 1. The Bertz CT molecular complexity index is 2660. The molecule has 0 aliphatic carbocycles. The van der Waals surface area contributed by atoms with Gasteiger partial charge in [0, 0.05) is 49.4 Å². The fraction of sp³-hybridized carbons (Fsp3) is 0. The summed E-state index contributed by atoms with van der Waals surface area (Å²) >= 11 is 0. The summed E-state index contributed by atoms with van der Waals surface area (Å²) in [7, 11) is 0. The van der Waals surface area contributed by atoms with Gasteiger partial charge in [0.2, 0.25) is 0 Å². The van der Waals surface area contributed by atoms with E-state index in [-0.39, 0.29) is 5.91 Å². The molecule has 3 aromatic heterocycles. The number of fused-ring (bicyclic) bond motifs is 20. The van der Waals surface area contributed by atoms with E-state index in [0.717, 1.165) is 43.8 Å². The monoisotopic (exact) mass is 618 g/mol. The smallest absolute Gasteiger partial charge is 0.265 e. The van der Waals surface area contributed by atoms with E-state index in [0.29, 0.717) is 51.4 Å². The van der Waals surface area contributed by atoms with Gasteiger partial charge >= 0.3 is 0 Å². The molecular formula is C39H22N8O. The third kappa shape index (κ3) is 3.88. The molecule has 0 amide bonds. The van der Waals surface area contributed by atoms with Gasteiger partial charge in [-0.15, -0.1) is 0 Å². The van der Waals surface area contributed by atoms with Crippen molar-refractivity contribution < 1.29 is 4.79 Å². The minimum atomic E-state index is -0.268. The molecule has 1 N–H and O–H groups in total. The molecule has 5 heterocycles. The maximum absolute atomic E-state index is 14.5. The molecule has 2 aliphatic heterocycles. The van der Waals surface area contributed by atoms with Crippen LogP contribution in [0.15, 0.2) is 127 Å². The Hall–Kier alpha value is -6.87. The van der Waals surface area contributed by atoms with E-state index in [4.69, 9.17) is 29.9 Å². The number of nitrogens with one attached hydrogen (secondary N) is 1. The lowest BCUT2D eigenvalue weighted by Gasteiger charge is -2.05. The third-order valence-electron chi connectivity index (χ3n) is 8.83. The summed E-state index contributed by atoms with van der Waals surface area (Å²) in [5.74, 6) is 1.66. The van der Waals surface area contributed by atoms with Crippen molar-refractivity contribution in [2.75, 3.05) is 0 Å². The van der Waals surface area contributed by atoms with Crippen molar-refractivity contribution in [1.82, 2.24) is 39.5 Å². The molecule has 10 rings (SSSR count). The Labute approximate surface area is 272 Å². The van der Waals surface area contributed by atoms with Gasteiger partial charge in [-0.25, -0.2) is 34.5 Å². The quantitative estimate of drug-likeness (QED) is 0.198. The van der Waals surface area contributed by atoms with Crippen LogP contribution in [0.4, 0.5) is 0 Å². The van der Waals surface area contributed by atoms with E-state index >= 15 is 0 Å². The third-order valence-corrected chi connectivity index (χ3v) is 8.83. The lowest BCUT2D eigenvalue weighted by Crippen LogP contribution is -2.13. The molecule has 0 fully saturated rings. The minimum Gasteiger partial charge on any atom is -0.324 e. The lowest BCUT2D eigenvalue weighted by atomic mass is 10.1. The number of hydrogen-bond donors (Lipinski definition) is 1. The SMILES string of the molecule is O=C(c1ccccc1)n1c2nc3nc(nc4[nH]c(nc5nc(nc1c1ccccc12)-c1ccccc1-5)c1ccccc41)-c1ccccc1-3. The van der Waals surface area contributed by atoms with Crippen molar-refractivity contribution >= 4 is 50.0 Å². The predicted molar refractivity (Wildman–Crippen MR) is 186 cm³/mol. The van der Waals surface area contributed by atoms with E-state index in [2.05, 4.69) is 4.98 Å². The molecule has 9 nitrogen and oxygen atoms in total. The first-order chi connectivity index (χ1) is 23.7. The van der Waals surface area contributed by atoms with E-state index < -0.39 is 0 Å². The molecule has 2 aliphatic rings. The van der Waals surface area contributed by atoms with Crippen LogP contribution in [-0.2, 0) is 0 Å². The Kier molecular flexibility index (Phi) is 5.53. The second-order valence-corrected chi connectivity index (χ2v) is 11.6. The number of rotatable bonds is 1. The number of carbonyl (C=O) groups excluding carboxylic acids is 1. The van der Waals surface area contributed by atoms with E-state index in [1.54, 1.807) is 16.7 Å². The molecule has 0 unspecified atom stereocenters. The Morgan fingerprint density at radius 3 is 1.25 bits per heavy atom. The van der Waals surface area contributed by atoms with Crippen molar-refractivity contribution in [2.45, 2.75) is 0 Å². The van der Waals surface area contributed by atoms with Crippen LogP contribution < -0.4 is 0 Å². The van der Waals surface area contributed by atoms with Gasteiger partial charge in [-0.1, -0.05) is 115 Å². The number of hydrogen-bond acceptors (Lipinski definition) is 7. The van der Waals surface area contributed by atoms with Gasteiger partial charge in [-0.3, -0.25) is 4.79 Å². The van der Waals surface area contributed by atoms with E-state index in [1.165, 1.54) is 0 Å². The topological polar surface area (TPSA) is 115 Å². The summed E-state index contributed by atoms with van der Waals surface area (Å²) in [5, 5.41) is 3.33. The van der Waals surface area contributed by atoms with Crippen LogP contribution in [0, 0.1) is 0 Å². The van der Waals surface area contributed by atoms with Crippen LogP contribution in [0.25, 0.3) is 89.7 Å². The fourth-order valence-corrected chi connectivity index (χ4v) is 6.60. The van der Waals surface area contributed by atoms with Gasteiger partial charge in [0.05, 0.1) is 0 Å². The minimum absolute atomic E-state index is 0.268. The molecule has 5 aromatic carbocycles. The first-order valence-corrected chi connectivity index (χ1v) is 15.5. The Morgan fingerprint density at radius 2 is 0.792 bits per heavy atom. The van der Waals surface area contributed by atoms with E-state index in [9.17, 15) is 4.79 Å². The Balaban J connectivity index is 1.45. The van der Waals surface area contributed by atoms with Crippen molar-refractivity contribution in [3.63, 3.8) is 0 Å². The number of benzene rings is 5. The molecule has 0 saturated carbocycles. The predicted octanol–water partition coefficient (Wildman–Crippen LogP) is 8.03. The molecule has 0 atom stereocenters. The molecule has 224 valence electrons. The normalized spacial score (nSPS) is 11.8.